The number of benzene rings is 1. The zero-order valence-electron chi connectivity index (χ0n) is 6.55. The van der Waals surface area contributed by atoms with Crippen molar-refractivity contribution in [3.05, 3.63) is 33.3 Å². The first-order valence-electron chi connectivity index (χ1n) is 3.65. The fraction of sp³-hybridized carbons (Fsp3) is 0.250. The van der Waals surface area contributed by atoms with E-state index in [4.69, 9.17) is 27.4 Å². The largest absolute Gasteiger partial charge is 0.285 e. The van der Waals surface area contributed by atoms with Gasteiger partial charge in [0.25, 0.3) is 0 Å². The van der Waals surface area contributed by atoms with Crippen LogP contribution in [0, 0.1) is 0 Å². The fourth-order valence-corrected chi connectivity index (χ4v) is 2.43. The molecule has 1 aliphatic heterocycles. The lowest BCUT2D eigenvalue weighted by Crippen LogP contribution is -2.10. The molecule has 0 bridgehead atoms. The van der Waals surface area contributed by atoms with Crippen molar-refractivity contribution < 1.29 is 8.39 Å². The van der Waals surface area contributed by atoms with Crippen LogP contribution >= 0.6 is 23.2 Å². The van der Waals surface area contributed by atoms with Crippen LogP contribution in [0.25, 0.3) is 0 Å². The van der Waals surface area contributed by atoms with Crippen molar-refractivity contribution in [2.75, 3.05) is 0 Å². The number of hydrogen-bond donors (Lipinski definition) is 0. The Morgan fingerprint density at radius 1 is 1.23 bits per heavy atom. The molecular weight excluding hydrogens is 231 g/mol. The van der Waals surface area contributed by atoms with Gasteiger partial charge in [-0.1, -0.05) is 23.2 Å². The maximum absolute atomic E-state index is 11.0. The summed E-state index contributed by atoms with van der Waals surface area (Å²) in [4.78, 5) is 0. The van der Waals surface area contributed by atoms with Gasteiger partial charge in [0.2, 0.25) is 0 Å². The van der Waals surface area contributed by atoms with Gasteiger partial charge in [0, 0.05) is 0 Å². The van der Waals surface area contributed by atoms with Crippen LogP contribution in [-0.2, 0) is 27.6 Å². The van der Waals surface area contributed by atoms with Gasteiger partial charge >= 0.3 is 0 Å². The quantitative estimate of drug-likeness (QED) is 0.693. The summed E-state index contributed by atoms with van der Waals surface area (Å²) in [6, 6.07) is 3.51. The topological polar surface area (TPSA) is 26.3 Å². The molecule has 1 aromatic rings. The highest BCUT2D eigenvalue weighted by molar-refractivity contribution is 7.79. The van der Waals surface area contributed by atoms with Crippen LogP contribution in [0.2, 0.25) is 10.0 Å². The number of halogens is 2. The molecule has 1 unspecified atom stereocenters. The van der Waals surface area contributed by atoms with E-state index in [2.05, 4.69) is 0 Å². The van der Waals surface area contributed by atoms with Crippen molar-refractivity contribution in [1.29, 1.82) is 0 Å². The summed E-state index contributed by atoms with van der Waals surface area (Å²) < 4.78 is 16.0. The van der Waals surface area contributed by atoms with Crippen molar-refractivity contribution in [3.63, 3.8) is 0 Å². The highest BCUT2D eigenvalue weighted by atomic mass is 35.5. The van der Waals surface area contributed by atoms with Crippen LogP contribution < -0.4 is 0 Å². The Bertz CT molecular complexity index is 379. The molecule has 0 radical (unpaired) electrons. The van der Waals surface area contributed by atoms with Crippen LogP contribution in [0.15, 0.2) is 12.1 Å². The molecule has 1 atom stereocenters. The molecule has 0 fully saturated rings. The second-order valence-electron chi connectivity index (χ2n) is 2.75. The lowest BCUT2D eigenvalue weighted by Gasteiger charge is -2.15. The minimum atomic E-state index is -1.22. The fourth-order valence-electron chi connectivity index (χ4n) is 1.20. The van der Waals surface area contributed by atoms with E-state index in [1.54, 1.807) is 12.1 Å². The van der Waals surface area contributed by atoms with Gasteiger partial charge in [-0.3, -0.25) is 4.18 Å². The Morgan fingerprint density at radius 3 is 2.54 bits per heavy atom. The van der Waals surface area contributed by atoms with E-state index in [1.807, 2.05) is 0 Å². The molecule has 0 spiro atoms. The second-order valence-corrected chi connectivity index (χ2v) is 4.69. The van der Waals surface area contributed by atoms with Gasteiger partial charge in [0.05, 0.1) is 22.4 Å². The zero-order valence-corrected chi connectivity index (χ0v) is 8.88. The van der Waals surface area contributed by atoms with Crippen LogP contribution in [0.3, 0.4) is 0 Å². The summed E-state index contributed by atoms with van der Waals surface area (Å²) in [6.45, 7) is 0.346. The molecule has 1 aromatic carbocycles. The molecule has 70 valence electrons. The summed E-state index contributed by atoms with van der Waals surface area (Å²) in [5, 5.41) is 1.01. The predicted molar refractivity (Wildman–Crippen MR) is 53.1 cm³/mol. The van der Waals surface area contributed by atoms with Crippen LogP contribution in [0.4, 0.5) is 0 Å². The number of rotatable bonds is 0. The van der Waals surface area contributed by atoms with Crippen molar-refractivity contribution >= 4 is 34.3 Å². The van der Waals surface area contributed by atoms with E-state index in [9.17, 15) is 4.21 Å². The molecule has 0 saturated heterocycles. The average molecular weight is 237 g/mol. The van der Waals surface area contributed by atoms with Crippen LogP contribution in [0.1, 0.15) is 11.1 Å². The Balaban J connectivity index is 2.49. The van der Waals surface area contributed by atoms with Crippen molar-refractivity contribution in [2.45, 2.75) is 12.4 Å². The summed E-state index contributed by atoms with van der Waals surface area (Å²) in [5.41, 5.74) is 1.92. The molecule has 0 aliphatic carbocycles. The third kappa shape index (κ3) is 1.89. The number of hydrogen-bond acceptors (Lipinski definition) is 2. The predicted octanol–water partition coefficient (Wildman–Crippen LogP) is 2.69. The Kier molecular flexibility index (Phi) is 2.60. The van der Waals surface area contributed by atoms with Gasteiger partial charge in [-0.25, -0.2) is 4.21 Å². The normalized spacial score (nSPS) is 21.2. The van der Waals surface area contributed by atoms with Crippen molar-refractivity contribution in [1.82, 2.24) is 0 Å². The Morgan fingerprint density at radius 2 is 1.85 bits per heavy atom. The van der Waals surface area contributed by atoms with Crippen molar-refractivity contribution in [2.24, 2.45) is 0 Å². The highest BCUT2D eigenvalue weighted by Gasteiger charge is 2.16. The molecule has 0 amide bonds. The first kappa shape index (κ1) is 9.46. The average Bonchev–Trinajstić information content (AvgIpc) is 2.08. The maximum Gasteiger partial charge on any atom is 0.160 e. The van der Waals surface area contributed by atoms with E-state index in [-0.39, 0.29) is 0 Å². The van der Waals surface area contributed by atoms with Gasteiger partial charge < -0.3 is 0 Å². The van der Waals surface area contributed by atoms with Crippen molar-refractivity contribution in [3.8, 4) is 0 Å². The third-order valence-electron chi connectivity index (χ3n) is 1.86. The van der Waals surface area contributed by atoms with E-state index in [0.29, 0.717) is 22.4 Å². The first-order valence-corrected chi connectivity index (χ1v) is 5.65. The van der Waals surface area contributed by atoms with E-state index >= 15 is 0 Å². The third-order valence-corrected chi connectivity index (χ3v) is 3.51. The number of fused-ring (bicyclic) bond motifs is 1. The highest BCUT2D eigenvalue weighted by Crippen LogP contribution is 2.29. The van der Waals surface area contributed by atoms with E-state index in [0.717, 1.165) is 11.1 Å². The van der Waals surface area contributed by atoms with E-state index in [1.165, 1.54) is 0 Å². The lowest BCUT2D eigenvalue weighted by molar-refractivity contribution is 0.328. The Labute approximate surface area is 88.5 Å². The minimum Gasteiger partial charge on any atom is -0.285 e. The van der Waals surface area contributed by atoms with Gasteiger partial charge in [-0.05, 0) is 23.3 Å². The summed E-state index contributed by atoms with van der Waals surface area (Å²) >= 11 is 10.4. The first-order chi connectivity index (χ1) is 6.16. The molecule has 13 heavy (non-hydrogen) atoms. The molecular formula is C8H6Cl2O2S. The molecule has 5 heteroatoms. The van der Waals surface area contributed by atoms with Gasteiger partial charge in [-0.15, -0.1) is 0 Å². The summed E-state index contributed by atoms with van der Waals surface area (Å²) in [7, 11) is 0. The standard InChI is InChI=1S/C8H6Cl2O2S/c9-7-1-5-3-12-13(11)4-6(5)2-8(7)10/h1-2H,3-4H2. The summed E-state index contributed by atoms with van der Waals surface area (Å²) in [6.07, 6.45) is 0. The van der Waals surface area contributed by atoms with Crippen LogP contribution in [-0.4, -0.2) is 4.21 Å². The molecule has 0 saturated carbocycles. The van der Waals surface area contributed by atoms with E-state index < -0.39 is 11.1 Å². The minimum absolute atomic E-state index is 0.346. The zero-order chi connectivity index (χ0) is 9.42. The Hall–Kier alpha value is -0.0900. The molecule has 1 heterocycles. The molecule has 0 aromatic heterocycles. The maximum atomic E-state index is 11.0. The molecule has 2 nitrogen and oxygen atoms in total. The van der Waals surface area contributed by atoms with Gasteiger partial charge in [0.1, 0.15) is 0 Å². The SMILES string of the molecule is O=S1Cc2cc(Cl)c(Cl)cc2CO1. The second kappa shape index (κ2) is 3.58. The molecule has 2 rings (SSSR count). The monoisotopic (exact) mass is 236 g/mol. The van der Waals surface area contributed by atoms with Gasteiger partial charge in [0.15, 0.2) is 11.1 Å². The summed E-state index contributed by atoms with van der Waals surface area (Å²) in [5.74, 6) is 0.395. The molecule has 1 aliphatic rings. The smallest absolute Gasteiger partial charge is 0.160 e. The molecule has 0 N–H and O–H groups in total. The van der Waals surface area contributed by atoms with Crippen LogP contribution in [0.5, 0.6) is 0 Å². The van der Waals surface area contributed by atoms with Gasteiger partial charge in [-0.2, -0.15) is 0 Å². The lowest BCUT2D eigenvalue weighted by atomic mass is 10.1.